The van der Waals surface area contributed by atoms with E-state index < -0.39 is 0 Å². The molecule has 0 saturated heterocycles. The van der Waals surface area contributed by atoms with Crippen molar-refractivity contribution in [2.24, 2.45) is 0 Å². The Morgan fingerprint density at radius 1 is 0.897 bits per heavy atom. The van der Waals surface area contributed by atoms with Crippen molar-refractivity contribution in [3.05, 3.63) is 81.8 Å². The summed E-state index contributed by atoms with van der Waals surface area (Å²) in [6.07, 6.45) is 0. The van der Waals surface area contributed by atoms with E-state index in [2.05, 4.69) is 5.32 Å². The molecule has 0 radical (unpaired) electrons. The quantitative estimate of drug-likeness (QED) is 0.510. The fourth-order valence-corrected chi connectivity index (χ4v) is 3.08. The summed E-state index contributed by atoms with van der Waals surface area (Å²) in [7, 11) is 3.09. The van der Waals surface area contributed by atoms with E-state index in [4.69, 9.17) is 37.4 Å². The van der Waals surface area contributed by atoms with Crippen LogP contribution in [0.2, 0.25) is 10.0 Å². The zero-order valence-electron chi connectivity index (χ0n) is 15.9. The molecule has 0 fully saturated rings. The van der Waals surface area contributed by atoms with Crippen molar-refractivity contribution in [1.29, 1.82) is 0 Å². The number of carbonyl (C=O) groups is 1. The van der Waals surface area contributed by atoms with Gasteiger partial charge in [0.2, 0.25) is 0 Å². The van der Waals surface area contributed by atoms with Gasteiger partial charge in [0.05, 0.1) is 19.9 Å². The molecule has 5 nitrogen and oxygen atoms in total. The number of hydrogen-bond donors (Lipinski definition) is 1. The highest BCUT2D eigenvalue weighted by Crippen LogP contribution is 2.29. The van der Waals surface area contributed by atoms with Crippen LogP contribution in [-0.4, -0.2) is 20.1 Å². The standard InChI is InChI=1S/C22H19Cl2NO4/c1-27-20-8-6-14(10-15(20)13-29-18-5-3-4-16(23)11-18)22(26)25-19-12-17(24)7-9-21(19)28-2/h3-12H,13H2,1-2H3,(H,25,26). The highest BCUT2D eigenvalue weighted by molar-refractivity contribution is 6.31. The lowest BCUT2D eigenvalue weighted by molar-refractivity contribution is 0.102. The Kier molecular flexibility index (Phi) is 6.86. The predicted molar refractivity (Wildman–Crippen MR) is 115 cm³/mol. The molecule has 7 heteroatoms. The molecule has 3 aromatic rings. The maximum Gasteiger partial charge on any atom is 0.255 e. The molecule has 0 atom stereocenters. The Morgan fingerprint density at radius 3 is 2.34 bits per heavy atom. The molecule has 0 unspecified atom stereocenters. The fourth-order valence-electron chi connectivity index (χ4n) is 2.72. The van der Waals surface area contributed by atoms with Gasteiger partial charge in [-0.1, -0.05) is 29.3 Å². The minimum atomic E-state index is -0.308. The normalized spacial score (nSPS) is 10.3. The van der Waals surface area contributed by atoms with E-state index in [1.165, 1.54) is 7.11 Å². The van der Waals surface area contributed by atoms with E-state index >= 15 is 0 Å². The number of methoxy groups -OCH3 is 2. The van der Waals surface area contributed by atoms with E-state index in [1.54, 1.807) is 67.8 Å². The van der Waals surface area contributed by atoms with E-state index in [1.807, 2.05) is 0 Å². The van der Waals surface area contributed by atoms with Gasteiger partial charge < -0.3 is 19.5 Å². The smallest absolute Gasteiger partial charge is 0.255 e. The van der Waals surface area contributed by atoms with Crippen LogP contribution in [0.4, 0.5) is 5.69 Å². The van der Waals surface area contributed by atoms with Crippen molar-refractivity contribution in [2.45, 2.75) is 6.61 Å². The minimum Gasteiger partial charge on any atom is -0.496 e. The average Bonchev–Trinajstić information content (AvgIpc) is 2.72. The third-order valence-electron chi connectivity index (χ3n) is 4.14. The number of anilines is 1. The summed E-state index contributed by atoms with van der Waals surface area (Å²) in [6, 6.07) is 17.2. The van der Waals surface area contributed by atoms with Gasteiger partial charge in [0.15, 0.2) is 0 Å². The number of hydrogen-bond acceptors (Lipinski definition) is 4. The molecular formula is C22H19Cl2NO4. The van der Waals surface area contributed by atoms with E-state index in [-0.39, 0.29) is 12.5 Å². The van der Waals surface area contributed by atoms with Gasteiger partial charge in [0.1, 0.15) is 23.9 Å². The second kappa shape index (κ2) is 9.54. The summed E-state index contributed by atoms with van der Waals surface area (Å²) in [6.45, 7) is 0.213. The number of rotatable bonds is 7. The number of amides is 1. The van der Waals surface area contributed by atoms with E-state index in [0.29, 0.717) is 38.5 Å². The van der Waals surface area contributed by atoms with Crippen LogP contribution in [0.3, 0.4) is 0 Å². The summed E-state index contributed by atoms with van der Waals surface area (Å²) in [5, 5.41) is 3.89. The molecule has 0 aliphatic heterocycles. The van der Waals surface area contributed by atoms with Gasteiger partial charge in [0.25, 0.3) is 5.91 Å². The predicted octanol–water partition coefficient (Wildman–Crippen LogP) is 5.84. The second-order valence-corrected chi connectivity index (χ2v) is 6.94. The van der Waals surface area contributed by atoms with Crippen molar-refractivity contribution >= 4 is 34.8 Å². The molecule has 150 valence electrons. The summed E-state index contributed by atoms with van der Waals surface area (Å²) < 4.78 is 16.4. The maximum atomic E-state index is 12.8. The molecular weight excluding hydrogens is 413 g/mol. The molecule has 1 N–H and O–H groups in total. The van der Waals surface area contributed by atoms with E-state index in [0.717, 1.165) is 5.56 Å². The molecule has 3 rings (SSSR count). The highest BCUT2D eigenvalue weighted by atomic mass is 35.5. The second-order valence-electron chi connectivity index (χ2n) is 6.07. The van der Waals surface area contributed by atoms with Crippen LogP contribution in [0.15, 0.2) is 60.7 Å². The summed E-state index contributed by atoms with van der Waals surface area (Å²) in [5.41, 5.74) is 1.65. The van der Waals surface area contributed by atoms with Crippen LogP contribution < -0.4 is 19.5 Å². The number of benzene rings is 3. The Bertz CT molecular complexity index is 1020. The zero-order chi connectivity index (χ0) is 20.8. The third kappa shape index (κ3) is 5.34. The molecule has 0 aliphatic carbocycles. The van der Waals surface area contributed by atoms with Crippen LogP contribution in [0, 0.1) is 0 Å². The van der Waals surface area contributed by atoms with Crippen LogP contribution in [0.5, 0.6) is 17.2 Å². The molecule has 29 heavy (non-hydrogen) atoms. The van der Waals surface area contributed by atoms with Crippen molar-refractivity contribution in [1.82, 2.24) is 0 Å². The molecule has 0 bridgehead atoms. The van der Waals surface area contributed by atoms with Gasteiger partial charge >= 0.3 is 0 Å². The summed E-state index contributed by atoms with van der Waals surface area (Å²) >= 11 is 12.0. The monoisotopic (exact) mass is 431 g/mol. The van der Waals surface area contributed by atoms with E-state index in [9.17, 15) is 4.79 Å². The Hall–Kier alpha value is -2.89. The minimum absolute atomic E-state index is 0.213. The van der Waals surface area contributed by atoms with Crippen LogP contribution in [-0.2, 0) is 6.61 Å². The van der Waals surface area contributed by atoms with Gasteiger partial charge in [0, 0.05) is 21.2 Å². The van der Waals surface area contributed by atoms with Gasteiger partial charge in [-0.25, -0.2) is 0 Å². The first-order valence-electron chi connectivity index (χ1n) is 8.70. The average molecular weight is 432 g/mol. The lowest BCUT2D eigenvalue weighted by atomic mass is 10.1. The first kappa shape index (κ1) is 20.8. The largest absolute Gasteiger partial charge is 0.496 e. The zero-order valence-corrected chi connectivity index (χ0v) is 17.4. The third-order valence-corrected chi connectivity index (χ3v) is 4.61. The van der Waals surface area contributed by atoms with Crippen LogP contribution in [0.1, 0.15) is 15.9 Å². The SMILES string of the molecule is COc1ccc(C(=O)Nc2cc(Cl)ccc2OC)cc1COc1cccc(Cl)c1. The Labute approximate surface area is 179 Å². The lowest BCUT2D eigenvalue weighted by Crippen LogP contribution is -2.13. The van der Waals surface area contributed by atoms with Crippen molar-refractivity contribution in [3.8, 4) is 17.2 Å². The molecule has 0 aliphatic rings. The number of carbonyl (C=O) groups excluding carboxylic acids is 1. The number of ether oxygens (including phenoxy) is 3. The number of halogens is 2. The topological polar surface area (TPSA) is 56.8 Å². The fraction of sp³-hybridized carbons (Fsp3) is 0.136. The van der Waals surface area contributed by atoms with Gasteiger partial charge in [-0.05, 0) is 54.6 Å². The first-order valence-corrected chi connectivity index (χ1v) is 9.46. The van der Waals surface area contributed by atoms with Gasteiger partial charge in [-0.2, -0.15) is 0 Å². The maximum absolute atomic E-state index is 12.8. The summed E-state index contributed by atoms with van der Waals surface area (Å²) in [4.78, 5) is 12.8. The molecule has 1 amide bonds. The number of nitrogens with one attached hydrogen (secondary N) is 1. The molecule has 0 spiro atoms. The first-order chi connectivity index (χ1) is 14.0. The van der Waals surface area contributed by atoms with Gasteiger partial charge in [-0.3, -0.25) is 4.79 Å². The molecule has 3 aromatic carbocycles. The van der Waals surface area contributed by atoms with Gasteiger partial charge in [-0.15, -0.1) is 0 Å². The molecule has 0 aromatic heterocycles. The Balaban J connectivity index is 1.80. The highest BCUT2D eigenvalue weighted by Gasteiger charge is 2.14. The molecule has 0 heterocycles. The van der Waals surface area contributed by atoms with Crippen LogP contribution >= 0.6 is 23.2 Å². The molecule has 0 saturated carbocycles. The van der Waals surface area contributed by atoms with Crippen molar-refractivity contribution < 1.29 is 19.0 Å². The van der Waals surface area contributed by atoms with Crippen molar-refractivity contribution in [3.63, 3.8) is 0 Å². The Morgan fingerprint density at radius 2 is 1.62 bits per heavy atom. The van der Waals surface area contributed by atoms with Crippen molar-refractivity contribution in [2.75, 3.05) is 19.5 Å². The lowest BCUT2D eigenvalue weighted by Gasteiger charge is -2.14. The van der Waals surface area contributed by atoms with Crippen LogP contribution in [0.25, 0.3) is 0 Å². The summed E-state index contributed by atoms with van der Waals surface area (Å²) in [5.74, 6) is 1.44.